The molecule has 0 unspecified atom stereocenters. The van der Waals surface area contributed by atoms with Crippen LogP contribution in [0.2, 0.25) is 0 Å². The van der Waals surface area contributed by atoms with Crippen LogP contribution in [-0.2, 0) is 6.42 Å². The minimum Gasteiger partial charge on any atom is -0.504 e. The van der Waals surface area contributed by atoms with Crippen molar-refractivity contribution in [3.05, 3.63) is 17.2 Å². The highest BCUT2D eigenvalue weighted by molar-refractivity contribution is 5.57. The maximum Gasteiger partial charge on any atom is 0.164 e. The molecule has 0 spiro atoms. The zero-order chi connectivity index (χ0) is 10.1. The molecule has 0 fully saturated rings. The van der Waals surface area contributed by atoms with E-state index in [1.807, 2.05) is 13.0 Å². The van der Waals surface area contributed by atoms with E-state index >= 15 is 0 Å². The third-order valence-electron chi connectivity index (χ3n) is 2.58. The van der Waals surface area contributed by atoms with Gasteiger partial charge in [-0.2, -0.15) is 0 Å². The van der Waals surface area contributed by atoms with E-state index in [0.717, 1.165) is 36.3 Å². The lowest BCUT2D eigenvalue weighted by Crippen LogP contribution is -2.10. The Kier molecular flexibility index (Phi) is 2.23. The van der Waals surface area contributed by atoms with Crippen LogP contribution in [0.25, 0.3) is 0 Å². The van der Waals surface area contributed by atoms with Crippen LogP contribution >= 0.6 is 0 Å². The van der Waals surface area contributed by atoms with Crippen LogP contribution in [0.1, 0.15) is 17.5 Å². The van der Waals surface area contributed by atoms with Gasteiger partial charge in [0, 0.05) is 5.56 Å². The van der Waals surface area contributed by atoms with Crippen molar-refractivity contribution in [1.82, 2.24) is 0 Å². The molecule has 14 heavy (non-hydrogen) atoms. The summed E-state index contributed by atoms with van der Waals surface area (Å²) in [6, 6.07) is 1.86. The molecular weight excluding hydrogens is 180 g/mol. The number of benzene rings is 1. The molecule has 76 valence electrons. The van der Waals surface area contributed by atoms with Crippen molar-refractivity contribution in [2.75, 3.05) is 13.7 Å². The molecule has 0 amide bonds. The maximum atomic E-state index is 9.75. The van der Waals surface area contributed by atoms with E-state index in [1.54, 1.807) is 7.11 Å². The molecule has 3 heteroatoms. The highest BCUT2D eigenvalue weighted by Gasteiger charge is 2.18. The van der Waals surface area contributed by atoms with E-state index in [9.17, 15) is 5.11 Å². The second-order valence-electron chi connectivity index (χ2n) is 3.49. The predicted octanol–water partition coefficient (Wildman–Crippen LogP) is 2.03. The van der Waals surface area contributed by atoms with Crippen LogP contribution in [0.3, 0.4) is 0 Å². The van der Waals surface area contributed by atoms with E-state index in [2.05, 4.69) is 0 Å². The average Bonchev–Trinajstić information content (AvgIpc) is 2.23. The first-order valence-corrected chi connectivity index (χ1v) is 4.76. The molecular formula is C11H14O3. The van der Waals surface area contributed by atoms with Gasteiger partial charge in [-0.25, -0.2) is 0 Å². The standard InChI is InChI=1S/C11H14O3/c1-7-10(12)9(13-2)6-8-4-3-5-14-11(7)8/h6,12H,3-5H2,1-2H3. The number of methoxy groups -OCH3 is 1. The zero-order valence-corrected chi connectivity index (χ0v) is 8.46. The van der Waals surface area contributed by atoms with Gasteiger partial charge in [-0.15, -0.1) is 0 Å². The number of ether oxygens (including phenoxy) is 2. The Bertz CT molecular complexity index is 358. The summed E-state index contributed by atoms with van der Waals surface area (Å²) in [6.45, 7) is 2.58. The molecule has 2 rings (SSSR count). The van der Waals surface area contributed by atoms with Gasteiger partial charge in [-0.3, -0.25) is 0 Å². The van der Waals surface area contributed by atoms with Crippen LogP contribution in [0.4, 0.5) is 0 Å². The number of hydrogen-bond donors (Lipinski definition) is 1. The molecule has 0 saturated heterocycles. The molecule has 1 aliphatic rings. The van der Waals surface area contributed by atoms with Gasteiger partial charge in [-0.1, -0.05) is 0 Å². The van der Waals surface area contributed by atoms with Gasteiger partial charge >= 0.3 is 0 Å². The number of hydrogen-bond acceptors (Lipinski definition) is 3. The van der Waals surface area contributed by atoms with Gasteiger partial charge < -0.3 is 14.6 Å². The molecule has 0 atom stereocenters. The molecule has 1 heterocycles. The van der Waals surface area contributed by atoms with Gasteiger partial charge in [0.05, 0.1) is 13.7 Å². The second-order valence-corrected chi connectivity index (χ2v) is 3.49. The van der Waals surface area contributed by atoms with Crippen molar-refractivity contribution in [3.8, 4) is 17.2 Å². The van der Waals surface area contributed by atoms with Gasteiger partial charge in [0.1, 0.15) is 5.75 Å². The molecule has 0 radical (unpaired) electrons. The molecule has 3 nitrogen and oxygen atoms in total. The second kappa shape index (κ2) is 3.40. The van der Waals surface area contributed by atoms with E-state index in [1.165, 1.54) is 0 Å². The maximum absolute atomic E-state index is 9.75. The monoisotopic (exact) mass is 194 g/mol. The minimum atomic E-state index is 0.188. The van der Waals surface area contributed by atoms with E-state index in [-0.39, 0.29) is 5.75 Å². The number of rotatable bonds is 1. The lowest BCUT2D eigenvalue weighted by Gasteiger charge is -2.21. The topological polar surface area (TPSA) is 38.7 Å². The summed E-state index contributed by atoms with van der Waals surface area (Å²) < 4.78 is 10.6. The van der Waals surface area contributed by atoms with Gasteiger partial charge in [0.15, 0.2) is 11.5 Å². The van der Waals surface area contributed by atoms with Crippen LogP contribution in [0.15, 0.2) is 6.07 Å². The molecule has 0 bridgehead atoms. The lowest BCUT2D eigenvalue weighted by atomic mass is 10.0. The van der Waals surface area contributed by atoms with Crippen molar-refractivity contribution in [2.24, 2.45) is 0 Å². The lowest BCUT2D eigenvalue weighted by molar-refractivity contribution is 0.281. The largest absolute Gasteiger partial charge is 0.504 e. The molecule has 0 aliphatic carbocycles. The summed E-state index contributed by atoms with van der Waals surface area (Å²) >= 11 is 0. The third-order valence-corrected chi connectivity index (χ3v) is 2.58. The fraction of sp³-hybridized carbons (Fsp3) is 0.455. The van der Waals surface area contributed by atoms with E-state index in [0.29, 0.717) is 5.75 Å². The predicted molar refractivity (Wildman–Crippen MR) is 53.2 cm³/mol. The first kappa shape index (κ1) is 9.19. The number of phenolic OH excluding ortho intramolecular Hbond substituents is 1. The molecule has 1 aromatic rings. The fourth-order valence-electron chi connectivity index (χ4n) is 1.80. The molecule has 1 N–H and O–H groups in total. The van der Waals surface area contributed by atoms with Crippen molar-refractivity contribution in [2.45, 2.75) is 19.8 Å². The summed E-state index contributed by atoms with van der Waals surface area (Å²) in [5.41, 5.74) is 1.91. The Morgan fingerprint density at radius 2 is 2.29 bits per heavy atom. The number of aromatic hydroxyl groups is 1. The smallest absolute Gasteiger partial charge is 0.164 e. The summed E-state index contributed by atoms with van der Waals surface area (Å²) in [5.74, 6) is 1.55. The molecule has 1 aliphatic heterocycles. The van der Waals surface area contributed by atoms with Crippen molar-refractivity contribution >= 4 is 0 Å². The SMILES string of the molecule is COc1cc2c(c(C)c1O)OCCC2. The Hall–Kier alpha value is -1.38. The zero-order valence-electron chi connectivity index (χ0n) is 8.46. The van der Waals surface area contributed by atoms with Gasteiger partial charge in [0.2, 0.25) is 0 Å². The Morgan fingerprint density at radius 1 is 1.50 bits per heavy atom. The van der Waals surface area contributed by atoms with Crippen LogP contribution in [0, 0.1) is 6.92 Å². The quantitative estimate of drug-likeness (QED) is 0.743. The number of aryl methyl sites for hydroxylation is 1. The Morgan fingerprint density at radius 3 is 3.00 bits per heavy atom. The van der Waals surface area contributed by atoms with Crippen LogP contribution in [0.5, 0.6) is 17.2 Å². The number of phenols is 1. The summed E-state index contributed by atoms with van der Waals surface area (Å²) in [4.78, 5) is 0. The van der Waals surface area contributed by atoms with Gasteiger partial charge in [-0.05, 0) is 31.4 Å². The third kappa shape index (κ3) is 1.29. The van der Waals surface area contributed by atoms with Crippen LogP contribution in [-0.4, -0.2) is 18.8 Å². The van der Waals surface area contributed by atoms with Crippen LogP contribution < -0.4 is 9.47 Å². The van der Waals surface area contributed by atoms with Crippen molar-refractivity contribution < 1.29 is 14.6 Å². The normalized spacial score (nSPS) is 14.4. The molecule has 0 aromatic heterocycles. The molecule has 1 aromatic carbocycles. The van der Waals surface area contributed by atoms with Crippen molar-refractivity contribution in [3.63, 3.8) is 0 Å². The summed E-state index contributed by atoms with van der Waals surface area (Å²) in [7, 11) is 1.56. The minimum absolute atomic E-state index is 0.188. The highest BCUT2D eigenvalue weighted by Crippen LogP contribution is 2.40. The fourth-order valence-corrected chi connectivity index (χ4v) is 1.80. The van der Waals surface area contributed by atoms with E-state index in [4.69, 9.17) is 9.47 Å². The summed E-state index contributed by atoms with van der Waals surface area (Å²) in [6.07, 6.45) is 2.02. The molecule has 0 saturated carbocycles. The van der Waals surface area contributed by atoms with E-state index < -0.39 is 0 Å². The summed E-state index contributed by atoms with van der Waals surface area (Å²) in [5, 5.41) is 9.75. The Labute approximate surface area is 83.3 Å². The first-order chi connectivity index (χ1) is 6.74. The first-order valence-electron chi connectivity index (χ1n) is 4.76. The highest BCUT2D eigenvalue weighted by atomic mass is 16.5. The number of fused-ring (bicyclic) bond motifs is 1. The Balaban J connectivity index is 2.57. The average molecular weight is 194 g/mol. The van der Waals surface area contributed by atoms with Gasteiger partial charge in [0.25, 0.3) is 0 Å². The van der Waals surface area contributed by atoms with Crippen molar-refractivity contribution in [1.29, 1.82) is 0 Å².